The molecular weight excluding hydrogens is 879 g/mol. The van der Waals surface area contributed by atoms with Gasteiger partial charge in [-0.05, 0) is 130 Å². The summed E-state index contributed by atoms with van der Waals surface area (Å²) in [7, 11) is 0. The van der Waals surface area contributed by atoms with Crippen molar-refractivity contribution in [1.29, 1.82) is 0 Å². The van der Waals surface area contributed by atoms with Crippen LogP contribution in [0.5, 0.6) is 0 Å². The summed E-state index contributed by atoms with van der Waals surface area (Å²) in [5, 5.41) is 5.03. The minimum Gasteiger partial charge on any atom is -0.309 e. The van der Waals surface area contributed by atoms with Gasteiger partial charge in [0.05, 0.1) is 16.8 Å². The van der Waals surface area contributed by atoms with E-state index in [1.165, 1.54) is 105 Å². The Bertz CT molecular complexity index is 4070. The maximum atomic E-state index is 2.55. The van der Waals surface area contributed by atoms with Crippen molar-refractivity contribution >= 4 is 38.6 Å². The van der Waals surface area contributed by atoms with Crippen LogP contribution in [-0.4, -0.2) is 0 Å². The maximum absolute atomic E-state index is 2.55. The minimum absolute atomic E-state index is 0.191. The van der Waals surface area contributed by atoms with E-state index in [9.17, 15) is 0 Å². The zero-order valence-corrected chi connectivity index (χ0v) is 40.9. The Labute approximate surface area is 428 Å². The molecule has 0 aliphatic heterocycles. The fourth-order valence-corrected chi connectivity index (χ4v) is 13.0. The molecule has 0 bridgehead atoms. The van der Waals surface area contributed by atoms with Gasteiger partial charge >= 0.3 is 0 Å². The van der Waals surface area contributed by atoms with Gasteiger partial charge in [0.1, 0.15) is 0 Å². The number of rotatable bonds is 7. The summed E-state index contributed by atoms with van der Waals surface area (Å²) >= 11 is 0. The molecule has 0 saturated heterocycles. The number of nitrogens with zero attached hydrogens (tertiary/aromatic N) is 1. The van der Waals surface area contributed by atoms with Crippen molar-refractivity contribution in [1.82, 2.24) is 0 Å². The number of fused-ring (bicyclic) bond motifs is 12. The number of anilines is 3. The van der Waals surface area contributed by atoms with Crippen LogP contribution in [0.25, 0.3) is 77.2 Å². The molecular formula is C72H51N. The van der Waals surface area contributed by atoms with Gasteiger partial charge < -0.3 is 4.90 Å². The molecule has 1 spiro atoms. The van der Waals surface area contributed by atoms with Crippen molar-refractivity contribution in [2.45, 2.75) is 24.7 Å². The van der Waals surface area contributed by atoms with Crippen LogP contribution in [0.4, 0.5) is 17.1 Å². The molecule has 0 heterocycles. The predicted octanol–water partition coefficient (Wildman–Crippen LogP) is 19.1. The Balaban J connectivity index is 1.04. The van der Waals surface area contributed by atoms with Gasteiger partial charge in [0.25, 0.3) is 0 Å². The average molecular weight is 930 g/mol. The molecule has 0 radical (unpaired) electrons. The summed E-state index contributed by atoms with van der Waals surface area (Å²) in [6.45, 7) is 4.80. The highest BCUT2D eigenvalue weighted by atomic mass is 15.1. The van der Waals surface area contributed by atoms with Gasteiger partial charge in [0.2, 0.25) is 0 Å². The lowest BCUT2D eigenvalue weighted by atomic mass is 9.55. The highest BCUT2D eigenvalue weighted by Crippen LogP contribution is 2.64. The zero-order chi connectivity index (χ0) is 48.7. The normalized spacial score (nSPS) is 13.6. The van der Waals surface area contributed by atoms with Crippen molar-refractivity contribution in [3.05, 3.63) is 306 Å². The second-order valence-corrected chi connectivity index (χ2v) is 20.3. The van der Waals surface area contributed by atoms with Crippen molar-refractivity contribution in [3.8, 4) is 55.6 Å². The van der Waals surface area contributed by atoms with Gasteiger partial charge in [0.15, 0.2) is 0 Å². The van der Waals surface area contributed by atoms with E-state index in [1.807, 2.05) is 0 Å². The first-order chi connectivity index (χ1) is 36.0. The second kappa shape index (κ2) is 16.8. The van der Waals surface area contributed by atoms with Gasteiger partial charge in [0, 0.05) is 22.2 Å². The Kier molecular flexibility index (Phi) is 9.85. The molecule has 0 atom stereocenters. The molecule has 0 amide bonds. The average Bonchev–Trinajstić information content (AvgIpc) is 3.77. The number of hydrogen-bond acceptors (Lipinski definition) is 1. The van der Waals surface area contributed by atoms with Crippen LogP contribution < -0.4 is 4.90 Å². The van der Waals surface area contributed by atoms with Crippen molar-refractivity contribution in [2.24, 2.45) is 0 Å². The molecule has 0 N–H and O–H groups in total. The van der Waals surface area contributed by atoms with Crippen molar-refractivity contribution < 1.29 is 0 Å². The van der Waals surface area contributed by atoms with E-state index in [0.717, 1.165) is 22.6 Å². The zero-order valence-electron chi connectivity index (χ0n) is 40.9. The molecule has 14 rings (SSSR count). The van der Waals surface area contributed by atoms with Gasteiger partial charge in [-0.25, -0.2) is 0 Å². The number of hydrogen-bond donors (Lipinski definition) is 0. The largest absolute Gasteiger partial charge is 0.309 e. The highest BCUT2D eigenvalue weighted by Gasteiger charge is 2.54. The molecule has 0 saturated carbocycles. The molecule has 12 aromatic carbocycles. The minimum atomic E-state index is -0.537. The molecule has 0 unspecified atom stereocenters. The van der Waals surface area contributed by atoms with Crippen LogP contribution in [0, 0.1) is 0 Å². The van der Waals surface area contributed by atoms with Gasteiger partial charge in [-0.1, -0.05) is 257 Å². The first-order valence-corrected chi connectivity index (χ1v) is 25.6. The Morgan fingerprint density at radius 1 is 0.274 bits per heavy atom. The van der Waals surface area contributed by atoms with Crippen LogP contribution >= 0.6 is 0 Å². The third-order valence-electron chi connectivity index (χ3n) is 16.2. The predicted molar refractivity (Wildman–Crippen MR) is 307 cm³/mol. The van der Waals surface area contributed by atoms with Gasteiger partial charge in [-0.15, -0.1) is 0 Å². The Morgan fingerprint density at radius 3 is 1.41 bits per heavy atom. The lowest BCUT2D eigenvalue weighted by Crippen LogP contribution is -2.40. The van der Waals surface area contributed by atoms with E-state index in [2.05, 4.69) is 292 Å². The molecule has 1 heteroatoms. The standard InChI is InChI=1S/C72H51N/c1-71(2)63-36-17-19-38-65(63)72(66-39-20-18-37-64(66)71)62-35-16-14-34-60(62)70-67(72)40-22-42-69(70)73(51-45-43-49(44-46-51)61-47-50-25-6-7-27-53(50)55-29-10-13-32-58(55)61)68-41-21-15-33-59(68)57-31-12-11-30-56(57)54-28-9-8-26-52(54)48-23-4-3-5-24-48/h3-47H,1-2H3. The first-order valence-electron chi connectivity index (χ1n) is 25.6. The quantitative estimate of drug-likeness (QED) is 0.144. The van der Waals surface area contributed by atoms with E-state index >= 15 is 0 Å². The molecule has 2 aliphatic carbocycles. The number of para-hydroxylation sites is 1. The van der Waals surface area contributed by atoms with E-state index < -0.39 is 5.41 Å². The third kappa shape index (κ3) is 6.42. The van der Waals surface area contributed by atoms with Crippen molar-refractivity contribution in [2.75, 3.05) is 4.90 Å². The lowest BCUT2D eigenvalue weighted by molar-refractivity contribution is 0.563. The fraction of sp³-hybridized carbons (Fsp3) is 0.0556. The Morgan fingerprint density at radius 2 is 0.726 bits per heavy atom. The van der Waals surface area contributed by atoms with E-state index in [-0.39, 0.29) is 5.41 Å². The smallest absolute Gasteiger partial charge is 0.0720 e. The third-order valence-corrected chi connectivity index (χ3v) is 16.2. The Hall–Kier alpha value is -9.04. The van der Waals surface area contributed by atoms with Crippen LogP contribution in [0.1, 0.15) is 47.2 Å². The van der Waals surface area contributed by atoms with Crippen LogP contribution in [-0.2, 0) is 10.8 Å². The monoisotopic (exact) mass is 929 g/mol. The summed E-state index contributed by atoms with van der Waals surface area (Å²) in [5.74, 6) is 0. The van der Waals surface area contributed by atoms with Crippen LogP contribution in [0.2, 0.25) is 0 Å². The first kappa shape index (κ1) is 42.8. The molecule has 0 aromatic heterocycles. The summed E-state index contributed by atoms with van der Waals surface area (Å²) in [6, 6.07) is 102. The summed E-state index contributed by atoms with van der Waals surface area (Å²) < 4.78 is 0. The SMILES string of the molecule is CC1(C)c2ccccc2C2(c3ccccc3-c3c(N(c4ccc(-c5cc6ccccc6c6ccccc56)cc4)c4ccccc4-c4ccccc4-c4ccccc4-c4ccccc4)cccc32)c2ccccc21. The maximum Gasteiger partial charge on any atom is 0.0720 e. The van der Waals surface area contributed by atoms with Crippen LogP contribution in [0.15, 0.2) is 273 Å². The van der Waals surface area contributed by atoms with Crippen molar-refractivity contribution in [3.63, 3.8) is 0 Å². The van der Waals surface area contributed by atoms with Gasteiger partial charge in [-0.2, -0.15) is 0 Å². The van der Waals surface area contributed by atoms with E-state index in [1.54, 1.807) is 0 Å². The summed E-state index contributed by atoms with van der Waals surface area (Å²) in [5.41, 5.74) is 22.7. The fourth-order valence-electron chi connectivity index (χ4n) is 13.0. The topological polar surface area (TPSA) is 3.24 Å². The highest BCUT2D eigenvalue weighted by molar-refractivity contribution is 6.14. The van der Waals surface area contributed by atoms with E-state index in [4.69, 9.17) is 0 Å². The van der Waals surface area contributed by atoms with Gasteiger partial charge in [-0.3, -0.25) is 0 Å². The van der Waals surface area contributed by atoms with E-state index in [0.29, 0.717) is 0 Å². The summed E-state index contributed by atoms with van der Waals surface area (Å²) in [4.78, 5) is 2.55. The molecule has 73 heavy (non-hydrogen) atoms. The number of benzene rings is 12. The molecule has 0 fully saturated rings. The lowest BCUT2D eigenvalue weighted by Gasteiger charge is -2.46. The molecule has 2 aliphatic rings. The summed E-state index contributed by atoms with van der Waals surface area (Å²) in [6.07, 6.45) is 0. The molecule has 1 nitrogen and oxygen atoms in total. The second-order valence-electron chi connectivity index (χ2n) is 20.3. The van der Waals surface area contributed by atoms with Crippen LogP contribution in [0.3, 0.4) is 0 Å². The molecule has 12 aromatic rings. The molecule has 344 valence electrons.